The summed E-state index contributed by atoms with van der Waals surface area (Å²) in [5.74, 6) is -0.383. The van der Waals surface area contributed by atoms with E-state index in [2.05, 4.69) is 19.9 Å². The van der Waals surface area contributed by atoms with Crippen LogP contribution in [-0.2, 0) is 17.1 Å². The summed E-state index contributed by atoms with van der Waals surface area (Å²) < 4.78 is 5.24. The first-order valence-electron chi connectivity index (χ1n) is 9.73. The third-order valence-electron chi connectivity index (χ3n) is 4.40. The van der Waals surface area contributed by atoms with E-state index in [1.807, 2.05) is 31.2 Å². The number of benzene rings is 2. The number of aryl methyl sites for hydroxylation is 1. The number of nitrogens with zero attached hydrogens (tertiary/aromatic N) is 4. The van der Waals surface area contributed by atoms with Gasteiger partial charge in [0.05, 0.1) is 28.2 Å². The van der Waals surface area contributed by atoms with Crippen LogP contribution in [0.25, 0.3) is 21.9 Å². The normalized spacial score (nSPS) is 10.1. The Morgan fingerprint density at radius 2 is 1.86 bits per heavy atom. The van der Waals surface area contributed by atoms with Gasteiger partial charge < -0.3 is 29.8 Å². The van der Waals surface area contributed by atoms with Crippen LogP contribution < -0.4 is 10.7 Å². The molecule has 1 radical (unpaired) electrons. The summed E-state index contributed by atoms with van der Waals surface area (Å²) in [5, 5.41) is 28.7. The fraction of sp³-hybridized carbons (Fsp3) is 0.0435. The zero-order valence-electron chi connectivity index (χ0n) is 18.0. The molecule has 0 unspecified atom stereocenters. The van der Waals surface area contributed by atoms with Crippen molar-refractivity contribution in [3.8, 4) is 5.75 Å². The molecule has 5 rings (SSSR count). The van der Waals surface area contributed by atoms with Gasteiger partial charge in [0.2, 0.25) is 0 Å². The maximum atomic E-state index is 12.6. The van der Waals surface area contributed by atoms with E-state index in [9.17, 15) is 9.90 Å². The quantitative estimate of drug-likeness (QED) is 0.120. The van der Waals surface area contributed by atoms with E-state index in [-0.39, 0.29) is 34.0 Å². The Morgan fingerprint density at radius 1 is 1.11 bits per heavy atom. The summed E-state index contributed by atoms with van der Waals surface area (Å²) >= 11 is 0. The third-order valence-corrected chi connectivity index (χ3v) is 4.40. The molecule has 0 aliphatic heterocycles. The molecule has 11 nitrogen and oxygen atoms in total. The number of nitrogens with one attached hydrogen (secondary N) is 1. The monoisotopic (exact) mass is 522 g/mol. The number of rotatable bonds is 2. The van der Waals surface area contributed by atoms with Gasteiger partial charge in [0, 0.05) is 35.6 Å². The van der Waals surface area contributed by atoms with Crippen molar-refractivity contribution < 1.29 is 31.7 Å². The molecule has 1 N–H and O–H groups in total. The number of H-pyrrole nitrogens is 1. The average molecular weight is 523 g/mol. The van der Waals surface area contributed by atoms with Gasteiger partial charge in [0.1, 0.15) is 5.58 Å². The number of aromatic amines is 1. The maximum Gasteiger partial charge on any atom is 2.00 e. The van der Waals surface area contributed by atoms with Crippen LogP contribution in [0.2, 0.25) is 0 Å². The molecule has 5 aromatic rings. The van der Waals surface area contributed by atoms with Crippen molar-refractivity contribution in [1.82, 2.24) is 15.0 Å². The van der Waals surface area contributed by atoms with Crippen LogP contribution in [0.4, 0.5) is 5.69 Å². The van der Waals surface area contributed by atoms with Gasteiger partial charge in [-0.2, -0.15) is 0 Å². The first-order chi connectivity index (χ1) is 16.4. The molecule has 0 spiro atoms. The Kier molecular flexibility index (Phi) is 9.64. The fourth-order valence-electron chi connectivity index (χ4n) is 2.96. The predicted molar refractivity (Wildman–Crippen MR) is 125 cm³/mol. The van der Waals surface area contributed by atoms with E-state index in [4.69, 9.17) is 19.7 Å². The van der Waals surface area contributed by atoms with Crippen LogP contribution in [0.15, 0.2) is 87.7 Å². The first kappa shape index (κ1) is 26.7. The Bertz CT molecular complexity index is 1480. The van der Waals surface area contributed by atoms with Gasteiger partial charge in [-0.3, -0.25) is 9.98 Å². The van der Waals surface area contributed by atoms with Gasteiger partial charge >= 0.3 is 22.7 Å². The van der Waals surface area contributed by atoms with E-state index in [0.717, 1.165) is 10.9 Å². The van der Waals surface area contributed by atoms with Crippen molar-refractivity contribution in [3.63, 3.8) is 0 Å². The molecule has 12 heteroatoms. The van der Waals surface area contributed by atoms with E-state index >= 15 is 0 Å². The standard InChI is InChI=1S/C20H14N2O3.C3H4N2.Cu.NO3/c1-12-7-8-17-14(10-12)19(23)15(20(24)25-17)11-22-16-6-2-4-13-5-3-9-21-18(13)16;1-2-5-3-4-1;;2-1(3)4/h2-11,23H,1H3;1-3H,(H,4,5);;/q;;+2;-1/p-1. The third kappa shape index (κ3) is 7.22. The van der Waals surface area contributed by atoms with Crippen molar-refractivity contribution >= 4 is 33.8 Å². The molecule has 0 amide bonds. The summed E-state index contributed by atoms with van der Waals surface area (Å²) in [5.41, 5.74) is 1.70. The molecule has 0 saturated heterocycles. The van der Waals surface area contributed by atoms with Gasteiger partial charge in [-0.25, -0.2) is 9.78 Å². The molecule has 0 fully saturated rings. The Morgan fingerprint density at radius 3 is 2.51 bits per heavy atom. The van der Waals surface area contributed by atoms with E-state index in [1.54, 1.807) is 49.2 Å². The number of fused-ring (bicyclic) bond motifs is 2. The Balaban J connectivity index is 0.000000368. The van der Waals surface area contributed by atoms with Gasteiger partial charge in [0.15, 0.2) is 0 Å². The summed E-state index contributed by atoms with van der Waals surface area (Å²) in [6.45, 7) is 1.87. The molecular formula is C23H17CuN5O6. The number of aromatic nitrogens is 3. The van der Waals surface area contributed by atoms with Crippen LogP contribution in [0.3, 0.4) is 0 Å². The molecule has 3 heterocycles. The second-order valence-corrected chi connectivity index (χ2v) is 6.73. The predicted octanol–water partition coefficient (Wildman–Crippen LogP) is 3.64. The smallest absolute Gasteiger partial charge is 0.871 e. The number of pyridine rings is 1. The number of hydrogen-bond acceptors (Lipinski definition) is 9. The van der Waals surface area contributed by atoms with Crippen LogP contribution in [0, 0.1) is 22.2 Å². The van der Waals surface area contributed by atoms with Gasteiger partial charge in [0.25, 0.3) is 0 Å². The molecule has 0 saturated carbocycles. The van der Waals surface area contributed by atoms with Crippen LogP contribution in [-0.4, -0.2) is 26.3 Å². The number of aliphatic imine (C=N–C) groups is 1. The molecule has 0 aliphatic rings. The van der Waals surface area contributed by atoms with E-state index in [0.29, 0.717) is 16.6 Å². The van der Waals surface area contributed by atoms with E-state index in [1.165, 1.54) is 6.21 Å². The van der Waals surface area contributed by atoms with Crippen LogP contribution >= 0.6 is 0 Å². The topological polar surface area (TPSA) is 173 Å². The van der Waals surface area contributed by atoms with Gasteiger partial charge in [-0.15, -0.1) is 0 Å². The van der Waals surface area contributed by atoms with Crippen molar-refractivity contribution in [1.29, 1.82) is 0 Å². The molecule has 35 heavy (non-hydrogen) atoms. The second kappa shape index (κ2) is 12.6. The zero-order valence-corrected chi connectivity index (χ0v) is 19.0. The van der Waals surface area contributed by atoms with Crippen molar-refractivity contribution in [3.05, 3.63) is 110 Å². The van der Waals surface area contributed by atoms with Gasteiger partial charge in [-0.05, 0) is 31.2 Å². The summed E-state index contributed by atoms with van der Waals surface area (Å²) in [7, 11) is 0. The summed E-state index contributed by atoms with van der Waals surface area (Å²) in [4.78, 5) is 35.4. The Hall–Kier alpha value is -4.54. The van der Waals surface area contributed by atoms with Crippen molar-refractivity contribution in [2.24, 2.45) is 4.99 Å². The molecule has 0 aliphatic carbocycles. The van der Waals surface area contributed by atoms with Crippen molar-refractivity contribution in [2.45, 2.75) is 6.92 Å². The van der Waals surface area contributed by atoms with Gasteiger partial charge in [-0.1, -0.05) is 35.6 Å². The first-order valence-corrected chi connectivity index (χ1v) is 9.73. The SMILES string of the molecule is Cc1ccc2oc(=O)c(C=Nc3cccc4cccnc34)c([O-])c2c1.O=[N+]([O-])[O-].[Cu+2].c1c[nH]cn1. The molecule has 0 bridgehead atoms. The second-order valence-electron chi connectivity index (χ2n) is 6.73. The van der Waals surface area contributed by atoms with Crippen molar-refractivity contribution in [2.75, 3.05) is 0 Å². The van der Waals surface area contributed by atoms with E-state index < -0.39 is 10.7 Å². The Labute approximate surface area is 208 Å². The number of imidazole rings is 1. The fourth-order valence-corrected chi connectivity index (χ4v) is 2.96. The van der Waals surface area contributed by atoms with Crippen LogP contribution in [0.5, 0.6) is 5.75 Å². The largest absolute Gasteiger partial charge is 2.00 e. The summed E-state index contributed by atoms with van der Waals surface area (Å²) in [6, 6.07) is 14.4. The summed E-state index contributed by atoms with van der Waals surface area (Å²) in [6.07, 6.45) is 8.02. The minimum Gasteiger partial charge on any atom is -0.871 e. The number of hydrogen-bond donors (Lipinski definition) is 1. The van der Waals surface area contributed by atoms with Crippen LogP contribution in [0.1, 0.15) is 11.1 Å². The minimum atomic E-state index is -1.75. The maximum absolute atomic E-state index is 12.6. The number of para-hydroxylation sites is 1. The average Bonchev–Trinajstić information content (AvgIpc) is 3.40. The molecule has 0 atom stereocenters. The molecule has 181 valence electrons. The molecule has 2 aromatic carbocycles. The minimum absolute atomic E-state index is 0. The molecule has 3 aromatic heterocycles. The zero-order chi connectivity index (χ0) is 24.5. The molecular weight excluding hydrogens is 506 g/mol.